The molecule has 116 valence electrons. The zero-order valence-corrected chi connectivity index (χ0v) is 13.6. The van der Waals surface area contributed by atoms with Crippen LogP contribution in [0.1, 0.15) is 15.4 Å². The molecule has 0 bridgehead atoms. The van der Waals surface area contributed by atoms with Crippen molar-refractivity contribution in [3.05, 3.63) is 59.2 Å². The molecule has 0 fully saturated rings. The van der Waals surface area contributed by atoms with E-state index in [9.17, 15) is 0 Å². The molecule has 0 aliphatic carbocycles. The van der Waals surface area contributed by atoms with Gasteiger partial charge >= 0.3 is 0 Å². The smallest absolute Gasteiger partial charge is 0.227 e. The number of pyridine rings is 2. The molecule has 0 unspecified atom stereocenters. The Kier molecular flexibility index (Phi) is 2.23. The number of para-hydroxylation sites is 1. The summed E-state index contributed by atoms with van der Waals surface area (Å²) in [5.74, 6) is 0. The second kappa shape index (κ2) is 4.89. The van der Waals surface area contributed by atoms with E-state index in [1.807, 2.05) is 30.5 Å². The standard InChI is InChI=1S/C20H14N2OS/c1-11-10-24-19-13(11)8-9-21-17(19)16-5-3-4-14-15-7-6-12(2)22-20(15)23-18(14)16/h3-10H,1-2H3/i2D3. The number of furan rings is 1. The quantitative estimate of drug-likeness (QED) is 0.385. The van der Waals surface area contributed by atoms with E-state index >= 15 is 0 Å². The molecule has 0 saturated heterocycles. The van der Waals surface area contributed by atoms with E-state index in [1.54, 1.807) is 23.5 Å². The van der Waals surface area contributed by atoms with Crippen LogP contribution in [-0.2, 0) is 0 Å². The van der Waals surface area contributed by atoms with E-state index in [-0.39, 0.29) is 5.69 Å². The highest BCUT2D eigenvalue weighted by Crippen LogP contribution is 2.39. The van der Waals surface area contributed by atoms with Crippen LogP contribution < -0.4 is 0 Å². The van der Waals surface area contributed by atoms with E-state index < -0.39 is 6.85 Å². The molecule has 0 aliphatic heterocycles. The van der Waals surface area contributed by atoms with Crippen molar-refractivity contribution in [3.63, 3.8) is 0 Å². The van der Waals surface area contributed by atoms with Crippen LogP contribution in [0.3, 0.4) is 0 Å². The van der Waals surface area contributed by atoms with Gasteiger partial charge < -0.3 is 4.42 Å². The van der Waals surface area contributed by atoms with Crippen LogP contribution in [0.5, 0.6) is 0 Å². The van der Waals surface area contributed by atoms with Gasteiger partial charge in [-0.05, 0) is 54.4 Å². The van der Waals surface area contributed by atoms with Crippen LogP contribution >= 0.6 is 11.3 Å². The largest absolute Gasteiger partial charge is 0.437 e. The Balaban J connectivity index is 1.83. The fourth-order valence-corrected chi connectivity index (χ4v) is 4.20. The van der Waals surface area contributed by atoms with Gasteiger partial charge in [0.25, 0.3) is 0 Å². The number of rotatable bonds is 1. The molecule has 5 rings (SSSR count). The summed E-state index contributed by atoms with van der Waals surface area (Å²) in [6.07, 6.45) is 1.81. The number of fused-ring (bicyclic) bond motifs is 4. The maximum absolute atomic E-state index is 7.57. The number of thiophene rings is 1. The van der Waals surface area contributed by atoms with Crippen molar-refractivity contribution < 1.29 is 8.53 Å². The molecular formula is C20H14N2OS. The molecule has 0 spiro atoms. The molecule has 0 amide bonds. The first-order chi connectivity index (χ1) is 12.9. The van der Waals surface area contributed by atoms with Crippen molar-refractivity contribution in [1.29, 1.82) is 0 Å². The van der Waals surface area contributed by atoms with Gasteiger partial charge in [-0.2, -0.15) is 0 Å². The van der Waals surface area contributed by atoms with E-state index in [2.05, 4.69) is 22.3 Å². The van der Waals surface area contributed by atoms with Crippen LogP contribution in [0.15, 0.2) is 52.4 Å². The Bertz CT molecular complexity index is 1330. The molecule has 5 aromatic rings. The average Bonchev–Trinajstić information content (AvgIpc) is 3.21. The molecule has 4 heterocycles. The molecule has 0 radical (unpaired) electrons. The predicted octanol–water partition coefficient (Wildman–Crippen LogP) is 5.87. The van der Waals surface area contributed by atoms with Crippen molar-refractivity contribution in [2.24, 2.45) is 0 Å². The summed E-state index contributed by atoms with van der Waals surface area (Å²) in [6, 6.07) is 11.2. The van der Waals surface area contributed by atoms with Crippen molar-refractivity contribution in [2.75, 3.05) is 0 Å². The van der Waals surface area contributed by atoms with E-state index in [0.29, 0.717) is 11.3 Å². The molecule has 0 saturated carbocycles. The van der Waals surface area contributed by atoms with Gasteiger partial charge in [-0.25, -0.2) is 4.98 Å². The molecular weight excluding hydrogens is 316 g/mol. The van der Waals surface area contributed by atoms with Crippen LogP contribution in [0, 0.1) is 13.8 Å². The highest BCUT2D eigenvalue weighted by molar-refractivity contribution is 7.18. The van der Waals surface area contributed by atoms with Crippen LogP contribution in [-0.4, -0.2) is 9.97 Å². The number of aryl methyl sites for hydroxylation is 2. The van der Waals surface area contributed by atoms with Gasteiger partial charge in [0.1, 0.15) is 5.58 Å². The van der Waals surface area contributed by atoms with E-state index in [1.165, 1.54) is 10.9 Å². The normalized spacial score (nSPS) is 14.1. The molecule has 1 aromatic carbocycles. The lowest BCUT2D eigenvalue weighted by Gasteiger charge is -2.03. The number of hydrogen-bond acceptors (Lipinski definition) is 4. The third kappa shape index (κ3) is 1.83. The molecule has 4 aromatic heterocycles. The third-order valence-corrected chi connectivity index (χ3v) is 5.42. The van der Waals surface area contributed by atoms with Crippen molar-refractivity contribution in [2.45, 2.75) is 13.8 Å². The number of benzene rings is 1. The number of nitrogens with zero attached hydrogens (tertiary/aromatic N) is 2. The minimum absolute atomic E-state index is 0.0321. The Morgan fingerprint density at radius 2 is 2.04 bits per heavy atom. The summed E-state index contributed by atoms with van der Waals surface area (Å²) < 4.78 is 29.9. The van der Waals surface area contributed by atoms with Gasteiger partial charge in [-0.15, -0.1) is 11.3 Å². The topological polar surface area (TPSA) is 38.9 Å². The fourth-order valence-electron chi connectivity index (χ4n) is 3.15. The minimum atomic E-state index is -2.27. The lowest BCUT2D eigenvalue weighted by Crippen LogP contribution is -1.84. The van der Waals surface area contributed by atoms with Gasteiger partial charge in [0.15, 0.2) is 0 Å². The molecule has 4 heteroatoms. The highest BCUT2D eigenvalue weighted by atomic mass is 32.1. The summed E-state index contributed by atoms with van der Waals surface area (Å²) in [5, 5.41) is 5.01. The van der Waals surface area contributed by atoms with E-state index in [0.717, 1.165) is 26.7 Å². The Morgan fingerprint density at radius 1 is 1.08 bits per heavy atom. The fraction of sp³-hybridized carbons (Fsp3) is 0.100. The van der Waals surface area contributed by atoms with E-state index in [4.69, 9.17) is 8.53 Å². The van der Waals surface area contributed by atoms with Gasteiger partial charge in [0.05, 0.1) is 10.4 Å². The van der Waals surface area contributed by atoms with Crippen LogP contribution in [0.4, 0.5) is 0 Å². The summed E-state index contributed by atoms with van der Waals surface area (Å²) in [7, 11) is 0. The number of aromatic nitrogens is 2. The molecule has 3 nitrogen and oxygen atoms in total. The summed E-state index contributed by atoms with van der Waals surface area (Å²) in [4.78, 5) is 8.85. The van der Waals surface area contributed by atoms with Crippen LogP contribution in [0.25, 0.3) is 43.4 Å². The van der Waals surface area contributed by atoms with Gasteiger partial charge in [0.2, 0.25) is 5.71 Å². The predicted molar refractivity (Wildman–Crippen MR) is 99.6 cm³/mol. The molecule has 0 aliphatic rings. The van der Waals surface area contributed by atoms with Crippen molar-refractivity contribution in [1.82, 2.24) is 9.97 Å². The first kappa shape index (κ1) is 10.9. The van der Waals surface area contributed by atoms with Crippen molar-refractivity contribution in [3.8, 4) is 11.3 Å². The minimum Gasteiger partial charge on any atom is -0.437 e. The SMILES string of the molecule is [2H]C([2H])([2H])c1ccc2c(n1)oc1c(-c3nccc4c(C)csc34)cccc12. The zero-order valence-electron chi connectivity index (χ0n) is 15.8. The van der Waals surface area contributed by atoms with Crippen LogP contribution in [0.2, 0.25) is 0 Å². The Hall–Kier alpha value is -2.72. The molecule has 0 atom stereocenters. The second-order valence-electron chi connectivity index (χ2n) is 5.79. The van der Waals surface area contributed by atoms with Gasteiger partial charge in [-0.1, -0.05) is 12.1 Å². The van der Waals surface area contributed by atoms with Crippen molar-refractivity contribution >= 4 is 43.5 Å². The highest BCUT2D eigenvalue weighted by Gasteiger charge is 2.16. The maximum Gasteiger partial charge on any atom is 0.227 e. The maximum atomic E-state index is 7.57. The third-order valence-electron chi connectivity index (χ3n) is 4.30. The lowest BCUT2D eigenvalue weighted by atomic mass is 10.1. The molecule has 0 N–H and O–H groups in total. The zero-order chi connectivity index (χ0) is 18.8. The molecule has 24 heavy (non-hydrogen) atoms. The monoisotopic (exact) mass is 333 g/mol. The Labute approximate surface area is 146 Å². The van der Waals surface area contributed by atoms with Gasteiger partial charge in [0, 0.05) is 32.3 Å². The second-order valence-corrected chi connectivity index (χ2v) is 6.67. The number of hydrogen-bond donors (Lipinski definition) is 0. The lowest BCUT2D eigenvalue weighted by molar-refractivity contribution is 0.653. The summed E-state index contributed by atoms with van der Waals surface area (Å²) in [6.45, 7) is -0.178. The first-order valence-corrected chi connectivity index (χ1v) is 8.47. The van der Waals surface area contributed by atoms with Gasteiger partial charge in [-0.3, -0.25) is 4.98 Å². The summed E-state index contributed by atoms with van der Waals surface area (Å²) in [5.41, 5.74) is 4.01. The first-order valence-electron chi connectivity index (χ1n) is 9.09. The average molecular weight is 333 g/mol. The Morgan fingerprint density at radius 3 is 2.96 bits per heavy atom. The summed E-state index contributed by atoms with van der Waals surface area (Å²) >= 11 is 1.66.